The van der Waals surface area contributed by atoms with E-state index in [2.05, 4.69) is 9.71 Å². The summed E-state index contributed by atoms with van der Waals surface area (Å²) in [4.78, 5) is 29.1. The quantitative estimate of drug-likeness (QED) is 0.706. The molecular weight excluding hydrogens is 406 g/mol. The number of nitrogens with zero attached hydrogens (tertiary/aromatic N) is 2. The van der Waals surface area contributed by atoms with Crippen molar-refractivity contribution in [3.63, 3.8) is 0 Å². The lowest BCUT2D eigenvalue weighted by Crippen LogP contribution is -2.36. The van der Waals surface area contributed by atoms with Crippen LogP contribution in [0.2, 0.25) is 0 Å². The molecule has 0 radical (unpaired) electrons. The lowest BCUT2D eigenvalue weighted by Gasteiger charge is -2.31. The van der Waals surface area contributed by atoms with Crippen molar-refractivity contribution in [1.82, 2.24) is 9.71 Å². The van der Waals surface area contributed by atoms with E-state index in [4.69, 9.17) is 4.74 Å². The van der Waals surface area contributed by atoms with Crippen LogP contribution in [0, 0.1) is 5.92 Å². The molecule has 1 unspecified atom stereocenters. The van der Waals surface area contributed by atoms with Gasteiger partial charge in [-0.15, -0.1) is 0 Å². The van der Waals surface area contributed by atoms with Crippen molar-refractivity contribution >= 4 is 27.5 Å². The van der Waals surface area contributed by atoms with Gasteiger partial charge in [-0.1, -0.05) is 6.07 Å². The van der Waals surface area contributed by atoms with E-state index in [1.54, 1.807) is 18.5 Å². The van der Waals surface area contributed by atoms with Crippen molar-refractivity contribution in [3.8, 4) is 0 Å². The van der Waals surface area contributed by atoms with E-state index in [1.165, 1.54) is 24.3 Å². The van der Waals surface area contributed by atoms with Gasteiger partial charge >= 0.3 is 0 Å². The second-order valence-electron chi connectivity index (χ2n) is 7.45. The van der Waals surface area contributed by atoms with Crippen LogP contribution >= 0.6 is 0 Å². The van der Waals surface area contributed by atoms with Gasteiger partial charge in [0.05, 0.1) is 16.6 Å². The third kappa shape index (κ3) is 4.28. The van der Waals surface area contributed by atoms with Crippen molar-refractivity contribution < 1.29 is 22.7 Å². The van der Waals surface area contributed by atoms with Crippen LogP contribution in [0.3, 0.4) is 0 Å². The maximum atomic E-state index is 13.1. The van der Waals surface area contributed by atoms with E-state index in [0.717, 1.165) is 23.3 Å². The molecule has 2 amide bonds. The molecule has 1 aromatic carbocycles. The smallest absolute Gasteiger partial charge is 0.241 e. The number of rotatable bonds is 6. The Hall–Kier alpha value is -2.62. The zero-order valence-electron chi connectivity index (χ0n) is 16.4. The Bertz CT molecular complexity index is 1000. The highest BCUT2D eigenvalue weighted by atomic mass is 32.2. The van der Waals surface area contributed by atoms with Crippen LogP contribution in [0.4, 0.5) is 5.69 Å². The normalized spacial score (nSPS) is 19.3. The van der Waals surface area contributed by atoms with Gasteiger partial charge in [-0.2, -0.15) is 0 Å². The van der Waals surface area contributed by atoms with Gasteiger partial charge in [0, 0.05) is 38.4 Å². The standard InChI is InChI=1S/C21H23N3O5S/c25-19-7-8-20(26)24(19)17-3-5-18(6-4-17)30(27,28)23-21(15-9-12-29-13-10-15)16-2-1-11-22-14-16/h1-6,11,14-15,21,23H,7-10,12-13H2. The van der Waals surface area contributed by atoms with E-state index in [9.17, 15) is 18.0 Å². The molecule has 2 aromatic rings. The maximum Gasteiger partial charge on any atom is 0.241 e. The summed E-state index contributed by atoms with van der Waals surface area (Å²) in [5.74, 6) is -0.452. The molecule has 0 spiro atoms. The molecule has 1 N–H and O–H groups in total. The molecule has 0 aliphatic carbocycles. The predicted molar refractivity (Wildman–Crippen MR) is 109 cm³/mol. The van der Waals surface area contributed by atoms with Gasteiger partial charge in [-0.05, 0) is 54.7 Å². The Morgan fingerprint density at radius 2 is 1.70 bits per heavy atom. The van der Waals surface area contributed by atoms with Gasteiger partial charge in [0.2, 0.25) is 21.8 Å². The summed E-state index contributed by atoms with van der Waals surface area (Å²) in [6.07, 6.45) is 5.19. The van der Waals surface area contributed by atoms with Crippen LogP contribution in [0.15, 0.2) is 53.7 Å². The number of imide groups is 1. The summed E-state index contributed by atoms with van der Waals surface area (Å²) < 4.78 is 34.5. The first-order valence-electron chi connectivity index (χ1n) is 9.91. The third-order valence-electron chi connectivity index (χ3n) is 5.52. The number of ether oxygens (including phenoxy) is 1. The minimum Gasteiger partial charge on any atom is -0.381 e. The van der Waals surface area contributed by atoms with Crippen molar-refractivity contribution in [1.29, 1.82) is 0 Å². The number of pyridine rings is 1. The second kappa shape index (κ2) is 8.63. The van der Waals surface area contributed by atoms with E-state index in [1.807, 2.05) is 6.07 Å². The number of hydrogen-bond acceptors (Lipinski definition) is 6. The average Bonchev–Trinajstić information content (AvgIpc) is 3.11. The number of nitrogens with one attached hydrogen (secondary N) is 1. The molecule has 0 bridgehead atoms. The van der Waals surface area contributed by atoms with Crippen LogP contribution in [-0.4, -0.2) is 38.4 Å². The summed E-state index contributed by atoms with van der Waals surface area (Å²) in [6, 6.07) is 9.04. The maximum absolute atomic E-state index is 13.1. The summed E-state index contributed by atoms with van der Waals surface area (Å²) in [5, 5.41) is 0. The Morgan fingerprint density at radius 1 is 1.03 bits per heavy atom. The molecule has 4 rings (SSSR count). The largest absolute Gasteiger partial charge is 0.381 e. The van der Waals surface area contributed by atoms with E-state index in [-0.39, 0.29) is 35.5 Å². The number of hydrogen-bond donors (Lipinski definition) is 1. The minimum absolute atomic E-state index is 0.0753. The van der Waals surface area contributed by atoms with Crippen molar-refractivity contribution in [2.75, 3.05) is 18.1 Å². The highest BCUT2D eigenvalue weighted by Crippen LogP contribution is 2.32. The van der Waals surface area contributed by atoms with Crippen molar-refractivity contribution in [2.24, 2.45) is 5.92 Å². The first kappa shape index (κ1) is 20.6. The fourth-order valence-corrected chi connectivity index (χ4v) is 5.21. The molecule has 3 heterocycles. The molecule has 2 fully saturated rings. The summed E-state index contributed by atoms with van der Waals surface area (Å²) >= 11 is 0. The monoisotopic (exact) mass is 429 g/mol. The zero-order valence-corrected chi connectivity index (χ0v) is 17.2. The number of amides is 2. The third-order valence-corrected chi connectivity index (χ3v) is 6.98. The van der Waals surface area contributed by atoms with Crippen LogP contribution in [0.5, 0.6) is 0 Å². The topological polar surface area (TPSA) is 106 Å². The Morgan fingerprint density at radius 3 is 2.30 bits per heavy atom. The fraction of sp³-hybridized carbons (Fsp3) is 0.381. The zero-order chi connectivity index (χ0) is 21.1. The summed E-state index contributed by atoms with van der Waals surface area (Å²) in [5.41, 5.74) is 1.19. The van der Waals surface area contributed by atoms with Crippen LogP contribution < -0.4 is 9.62 Å². The van der Waals surface area contributed by atoms with Gasteiger partial charge in [0.15, 0.2) is 0 Å². The lowest BCUT2D eigenvalue weighted by atomic mass is 9.88. The molecule has 2 aliphatic heterocycles. The van der Waals surface area contributed by atoms with E-state index >= 15 is 0 Å². The Kier molecular flexibility index (Phi) is 5.94. The molecular formula is C21H23N3O5S. The highest BCUT2D eigenvalue weighted by molar-refractivity contribution is 7.89. The lowest BCUT2D eigenvalue weighted by molar-refractivity contribution is -0.121. The molecule has 0 saturated carbocycles. The first-order chi connectivity index (χ1) is 14.5. The number of carbonyl (C=O) groups is 2. The molecule has 8 nitrogen and oxygen atoms in total. The number of carbonyl (C=O) groups excluding carboxylic acids is 2. The fourth-order valence-electron chi connectivity index (χ4n) is 3.92. The second-order valence-corrected chi connectivity index (χ2v) is 9.17. The van der Waals surface area contributed by atoms with Gasteiger partial charge in [-0.25, -0.2) is 13.1 Å². The van der Waals surface area contributed by atoms with Gasteiger partial charge in [0.1, 0.15) is 0 Å². The number of aromatic nitrogens is 1. The number of anilines is 1. The van der Waals surface area contributed by atoms with Crippen LogP contribution in [0.1, 0.15) is 37.3 Å². The first-order valence-corrected chi connectivity index (χ1v) is 11.4. The van der Waals surface area contributed by atoms with E-state index in [0.29, 0.717) is 18.9 Å². The predicted octanol–water partition coefficient (Wildman–Crippen LogP) is 2.18. The summed E-state index contributed by atoms with van der Waals surface area (Å²) in [7, 11) is -3.83. The summed E-state index contributed by atoms with van der Waals surface area (Å²) in [6.45, 7) is 1.19. The molecule has 1 atom stereocenters. The van der Waals surface area contributed by atoms with Gasteiger partial charge in [0.25, 0.3) is 0 Å². The van der Waals surface area contributed by atoms with Crippen LogP contribution in [0.25, 0.3) is 0 Å². The molecule has 158 valence electrons. The molecule has 1 aromatic heterocycles. The number of sulfonamides is 1. The van der Waals surface area contributed by atoms with Gasteiger partial charge in [-0.3, -0.25) is 19.5 Å². The Balaban J connectivity index is 1.58. The molecule has 2 saturated heterocycles. The van der Waals surface area contributed by atoms with Gasteiger partial charge < -0.3 is 4.74 Å². The molecule has 30 heavy (non-hydrogen) atoms. The van der Waals surface area contributed by atoms with E-state index < -0.39 is 16.1 Å². The van der Waals surface area contributed by atoms with Crippen molar-refractivity contribution in [2.45, 2.75) is 36.6 Å². The van der Waals surface area contributed by atoms with Crippen LogP contribution in [-0.2, 0) is 24.3 Å². The average molecular weight is 429 g/mol. The SMILES string of the molecule is O=C1CCC(=O)N1c1ccc(S(=O)(=O)NC(c2cccnc2)C2CCOCC2)cc1. The molecule has 9 heteroatoms. The Labute approximate surface area is 175 Å². The number of benzene rings is 1. The highest BCUT2D eigenvalue weighted by Gasteiger charge is 2.32. The molecule has 2 aliphatic rings. The minimum atomic E-state index is -3.83. The van der Waals surface area contributed by atoms with Crippen molar-refractivity contribution in [3.05, 3.63) is 54.4 Å².